The van der Waals surface area contributed by atoms with E-state index in [4.69, 9.17) is 4.74 Å². The van der Waals surface area contributed by atoms with E-state index in [0.717, 1.165) is 57.6 Å². The number of likely N-dealkylation sites (tertiary alicyclic amines) is 1. The summed E-state index contributed by atoms with van der Waals surface area (Å²) in [5, 5.41) is 3.37. The van der Waals surface area contributed by atoms with Gasteiger partial charge in [0.1, 0.15) is 0 Å². The molecule has 1 aromatic carbocycles. The summed E-state index contributed by atoms with van der Waals surface area (Å²) >= 11 is 0. The van der Waals surface area contributed by atoms with Crippen LogP contribution in [0.1, 0.15) is 41.3 Å². The summed E-state index contributed by atoms with van der Waals surface area (Å²) < 4.78 is 5.69. The molecule has 1 fully saturated rings. The zero-order valence-electron chi connectivity index (χ0n) is 12.7. The van der Waals surface area contributed by atoms with Gasteiger partial charge < -0.3 is 15.0 Å². The van der Waals surface area contributed by atoms with Crippen molar-refractivity contribution in [2.75, 3.05) is 26.2 Å². The number of piperidine rings is 1. The molecule has 1 N–H and O–H groups in total. The van der Waals surface area contributed by atoms with Gasteiger partial charge in [0.05, 0.1) is 6.10 Å². The molecule has 0 radical (unpaired) electrons. The van der Waals surface area contributed by atoms with Crippen molar-refractivity contribution in [3.8, 4) is 0 Å². The van der Waals surface area contributed by atoms with Gasteiger partial charge in [-0.05, 0) is 56.0 Å². The van der Waals surface area contributed by atoms with E-state index in [1.807, 2.05) is 17.9 Å². The standard InChI is InChI=1S/C17H24N2O2/c1-2-21-16-4-3-9-19(12-16)17(20)14-6-5-13-7-8-18-11-15(13)10-14/h5-6,10,16,18H,2-4,7-9,11-12H2,1H3. The van der Waals surface area contributed by atoms with Crippen LogP contribution in [0, 0.1) is 0 Å². The van der Waals surface area contributed by atoms with Crippen molar-refractivity contribution in [3.05, 3.63) is 34.9 Å². The Labute approximate surface area is 126 Å². The van der Waals surface area contributed by atoms with Gasteiger partial charge in [-0.3, -0.25) is 4.79 Å². The van der Waals surface area contributed by atoms with E-state index in [-0.39, 0.29) is 12.0 Å². The normalized spacial score (nSPS) is 22.0. The number of carbonyl (C=O) groups is 1. The second-order valence-corrected chi connectivity index (χ2v) is 5.88. The summed E-state index contributed by atoms with van der Waals surface area (Å²) in [7, 11) is 0. The molecule has 1 aromatic rings. The fraction of sp³-hybridized carbons (Fsp3) is 0.588. The largest absolute Gasteiger partial charge is 0.377 e. The van der Waals surface area contributed by atoms with Gasteiger partial charge in [-0.15, -0.1) is 0 Å². The van der Waals surface area contributed by atoms with E-state index in [0.29, 0.717) is 0 Å². The predicted octanol–water partition coefficient (Wildman–Crippen LogP) is 1.97. The van der Waals surface area contributed by atoms with Gasteiger partial charge >= 0.3 is 0 Å². The first-order valence-electron chi connectivity index (χ1n) is 8.01. The second kappa shape index (κ2) is 6.58. The molecular weight excluding hydrogens is 264 g/mol. The van der Waals surface area contributed by atoms with Crippen LogP contribution < -0.4 is 5.32 Å². The van der Waals surface area contributed by atoms with Gasteiger partial charge in [-0.2, -0.15) is 0 Å². The zero-order chi connectivity index (χ0) is 14.7. The molecule has 0 saturated carbocycles. The Kier molecular flexibility index (Phi) is 4.56. The van der Waals surface area contributed by atoms with Crippen LogP contribution in [-0.4, -0.2) is 43.2 Å². The van der Waals surface area contributed by atoms with E-state index < -0.39 is 0 Å². The van der Waals surface area contributed by atoms with Gasteiger partial charge in [0.2, 0.25) is 0 Å². The Bertz CT molecular complexity index is 514. The highest BCUT2D eigenvalue weighted by atomic mass is 16.5. The molecule has 2 heterocycles. The van der Waals surface area contributed by atoms with Gasteiger partial charge in [0, 0.05) is 31.8 Å². The van der Waals surface area contributed by atoms with Crippen molar-refractivity contribution < 1.29 is 9.53 Å². The number of hydrogen-bond acceptors (Lipinski definition) is 3. The summed E-state index contributed by atoms with van der Waals surface area (Å²) in [6.07, 6.45) is 3.35. The van der Waals surface area contributed by atoms with Crippen molar-refractivity contribution in [1.82, 2.24) is 10.2 Å². The van der Waals surface area contributed by atoms with E-state index in [9.17, 15) is 4.79 Å². The van der Waals surface area contributed by atoms with Crippen LogP contribution in [0.2, 0.25) is 0 Å². The van der Waals surface area contributed by atoms with Crippen LogP contribution in [0.3, 0.4) is 0 Å². The maximum Gasteiger partial charge on any atom is 0.253 e. The first kappa shape index (κ1) is 14.5. The summed E-state index contributed by atoms with van der Waals surface area (Å²) in [6.45, 7) is 6.20. The van der Waals surface area contributed by atoms with Crippen LogP contribution in [0.25, 0.3) is 0 Å². The van der Waals surface area contributed by atoms with E-state index in [1.165, 1.54) is 11.1 Å². The molecule has 114 valence electrons. The van der Waals surface area contributed by atoms with Crippen molar-refractivity contribution >= 4 is 5.91 Å². The Morgan fingerprint density at radius 3 is 3.19 bits per heavy atom. The molecular formula is C17H24N2O2. The number of ether oxygens (including phenoxy) is 1. The minimum absolute atomic E-state index is 0.146. The number of fused-ring (bicyclic) bond motifs is 1. The lowest BCUT2D eigenvalue weighted by Crippen LogP contribution is -2.43. The molecule has 0 spiro atoms. The molecule has 4 heteroatoms. The fourth-order valence-corrected chi connectivity index (χ4v) is 3.29. The van der Waals surface area contributed by atoms with E-state index in [1.54, 1.807) is 0 Å². The molecule has 1 saturated heterocycles. The summed E-state index contributed by atoms with van der Waals surface area (Å²) in [5.74, 6) is 0.146. The maximum atomic E-state index is 12.7. The number of rotatable bonds is 3. The minimum Gasteiger partial charge on any atom is -0.377 e. The maximum absolute atomic E-state index is 12.7. The lowest BCUT2D eigenvalue weighted by molar-refractivity contribution is 0.00724. The Balaban J connectivity index is 1.72. The van der Waals surface area contributed by atoms with Crippen LogP contribution in [0.15, 0.2) is 18.2 Å². The van der Waals surface area contributed by atoms with Crippen molar-refractivity contribution in [2.24, 2.45) is 0 Å². The highest BCUT2D eigenvalue weighted by Gasteiger charge is 2.25. The van der Waals surface area contributed by atoms with Gasteiger partial charge in [0.25, 0.3) is 5.91 Å². The highest BCUT2D eigenvalue weighted by molar-refractivity contribution is 5.94. The first-order chi connectivity index (χ1) is 10.3. The first-order valence-corrected chi connectivity index (χ1v) is 8.01. The lowest BCUT2D eigenvalue weighted by atomic mass is 9.97. The number of carbonyl (C=O) groups excluding carboxylic acids is 1. The molecule has 0 aliphatic carbocycles. The van der Waals surface area contributed by atoms with Crippen LogP contribution in [0.4, 0.5) is 0 Å². The fourth-order valence-electron chi connectivity index (χ4n) is 3.29. The molecule has 0 bridgehead atoms. The Morgan fingerprint density at radius 2 is 2.33 bits per heavy atom. The number of amides is 1. The third kappa shape index (κ3) is 3.27. The van der Waals surface area contributed by atoms with Gasteiger partial charge in [-0.1, -0.05) is 6.07 Å². The summed E-state index contributed by atoms with van der Waals surface area (Å²) in [5.41, 5.74) is 3.45. The lowest BCUT2D eigenvalue weighted by Gasteiger charge is -2.32. The Hall–Kier alpha value is -1.39. The van der Waals surface area contributed by atoms with Crippen molar-refractivity contribution in [2.45, 2.75) is 38.8 Å². The SMILES string of the molecule is CCOC1CCCN(C(=O)c2ccc3c(c2)CNCC3)C1. The van der Waals surface area contributed by atoms with Crippen LogP contribution >= 0.6 is 0 Å². The summed E-state index contributed by atoms with van der Waals surface area (Å²) in [4.78, 5) is 14.6. The van der Waals surface area contributed by atoms with Crippen molar-refractivity contribution in [3.63, 3.8) is 0 Å². The number of nitrogens with one attached hydrogen (secondary N) is 1. The molecule has 0 aromatic heterocycles. The Morgan fingerprint density at radius 1 is 1.43 bits per heavy atom. The quantitative estimate of drug-likeness (QED) is 0.924. The molecule has 2 aliphatic heterocycles. The number of hydrogen-bond donors (Lipinski definition) is 1. The minimum atomic E-state index is 0.146. The molecule has 21 heavy (non-hydrogen) atoms. The predicted molar refractivity (Wildman–Crippen MR) is 82.4 cm³/mol. The molecule has 1 unspecified atom stereocenters. The topological polar surface area (TPSA) is 41.6 Å². The average molecular weight is 288 g/mol. The third-order valence-corrected chi connectivity index (χ3v) is 4.41. The van der Waals surface area contributed by atoms with Gasteiger partial charge in [0.15, 0.2) is 0 Å². The van der Waals surface area contributed by atoms with Crippen molar-refractivity contribution in [1.29, 1.82) is 0 Å². The van der Waals surface area contributed by atoms with E-state index >= 15 is 0 Å². The second-order valence-electron chi connectivity index (χ2n) is 5.88. The molecule has 4 nitrogen and oxygen atoms in total. The number of nitrogens with zero attached hydrogens (tertiary/aromatic N) is 1. The highest BCUT2D eigenvalue weighted by Crippen LogP contribution is 2.20. The van der Waals surface area contributed by atoms with E-state index in [2.05, 4.69) is 17.4 Å². The smallest absolute Gasteiger partial charge is 0.253 e. The number of benzene rings is 1. The monoisotopic (exact) mass is 288 g/mol. The third-order valence-electron chi connectivity index (χ3n) is 4.41. The molecule has 2 aliphatic rings. The van der Waals surface area contributed by atoms with Gasteiger partial charge in [-0.25, -0.2) is 0 Å². The van der Waals surface area contributed by atoms with Crippen LogP contribution in [0.5, 0.6) is 0 Å². The molecule has 3 rings (SSSR count). The average Bonchev–Trinajstić information content (AvgIpc) is 2.54. The zero-order valence-corrected chi connectivity index (χ0v) is 12.7. The van der Waals surface area contributed by atoms with Crippen LogP contribution in [-0.2, 0) is 17.7 Å². The molecule has 1 atom stereocenters. The molecule has 1 amide bonds. The summed E-state index contributed by atoms with van der Waals surface area (Å²) in [6, 6.07) is 6.16.